The number of epoxide rings is 1. The monoisotopic (exact) mass is 368 g/mol. The Labute approximate surface area is 157 Å². The van der Waals surface area contributed by atoms with Crippen molar-refractivity contribution in [3.8, 4) is 0 Å². The van der Waals surface area contributed by atoms with E-state index in [1.165, 1.54) is 10.4 Å². The summed E-state index contributed by atoms with van der Waals surface area (Å²) < 4.78 is 11.9. The predicted molar refractivity (Wildman–Crippen MR) is 108 cm³/mol. The van der Waals surface area contributed by atoms with E-state index in [4.69, 9.17) is 9.16 Å². The Bertz CT molecular complexity index is 684. The van der Waals surface area contributed by atoms with Crippen molar-refractivity contribution in [1.82, 2.24) is 0 Å². The van der Waals surface area contributed by atoms with Gasteiger partial charge in [0.2, 0.25) is 0 Å². The van der Waals surface area contributed by atoms with Gasteiger partial charge in [-0.25, -0.2) is 0 Å². The van der Waals surface area contributed by atoms with E-state index in [9.17, 15) is 5.11 Å². The third-order valence-corrected chi connectivity index (χ3v) is 9.80. The SMILES string of the molecule is CC(C)[Si](OCC=CC(O)C1(C)CO1)(c1ccccc1)c1ccccc1. The van der Waals surface area contributed by atoms with Crippen LogP contribution >= 0.6 is 0 Å². The Morgan fingerprint density at radius 2 is 1.58 bits per heavy atom. The lowest BCUT2D eigenvalue weighted by molar-refractivity contribution is 0.123. The average molecular weight is 369 g/mol. The van der Waals surface area contributed by atoms with Gasteiger partial charge >= 0.3 is 0 Å². The van der Waals surface area contributed by atoms with E-state index >= 15 is 0 Å². The largest absolute Gasteiger partial charge is 0.404 e. The Kier molecular flexibility index (Phi) is 5.78. The quantitative estimate of drug-likeness (QED) is 0.443. The highest BCUT2D eigenvalue weighted by atomic mass is 28.4. The highest BCUT2D eigenvalue weighted by Gasteiger charge is 2.45. The van der Waals surface area contributed by atoms with Crippen LogP contribution in [0.3, 0.4) is 0 Å². The standard InChI is InChI=1S/C22H28O3Si/c1-18(2)26(19-11-6-4-7-12-19,20-13-8-5-9-14-20)25-16-10-15-21(23)22(3)17-24-22/h4-15,18,21,23H,16-17H2,1-3H3. The maximum atomic E-state index is 10.2. The lowest BCUT2D eigenvalue weighted by Crippen LogP contribution is -2.63. The fourth-order valence-electron chi connectivity index (χ4n) is 3.39. The average Bonchev–Trinajstić information content (AvgIpc) is 3.42. The van der Waals surface area contributed by atoms with Gasteiger partial charge < -0.3 is 14.3 Å². The molecule has 0 aliphatic carbocycles. The summed E-state index contributed by atoms with van der Waals surface area (Å²) in [7, 11) is -2.39. The van der Waals surface area contributed by atoms with E-state index in [2.05, 4.69) is 62.4 Å². The maximum Gasteiger partial charge on any atom is 0.258 e. The zero-order valence-corrected chi connectivity index (χ0v) is 16.8. The molecule has 1 aliphatic heterocycles. The lowest BCUT2D eigenvalue weighted by atomic mass is 10.1. The molecule has 2 aromatic carbocycles. The minimum Gasteiger partial charge on any atom is -0.404 e. The molecule has 1 fully saturated rings. The number of hydrogen-bond acceptors (Lipinski definition) is 3. The first-order valence-electron chi connectivity index (χ1n) is 9.23. The van der Waals surface area contributed by atoms with Crippen LogP contribution in [0.15, 0.2) is 72.8 Å². The molecular weight excluding hydrogens is 340 g/mol. The van der Waals surface area contributed by atoms with Crippen molar-refractivity contribution in [1.29, 1.82) is 0 Å². The van der Waals surface area contributed by atoms with Crippen LogP contribution in [0.5, 0.6) is 0 Å². The van der Waals surface area contributed by atoms with Gasteiger partial charge in [-0.1, -0.05) is 86.7 Å². The van der Waals surface area contributed by atoms with E-state index in [-0.39, 0.29) is 0 Å². The zero-order valence-electron chi connectivity index (χ0n) is 15.8. The summed E-state index contributed by atoms with van der Waals surface area (Å²) in [5, 5.41) is 12.7. The zero-order chi connectivity index (χ0) is 18.6. The van der Waals surface area contributed by atoms with Crippen LogP contribution in [-0.2, 0) is 9.16 Å². The second-order valence-electron chi connectivity index (χ2n) is 7.41. The Balaban J connectivity index is 1.87. The summed E-state index contributed by atoms with van der Waals surface area (Å²) >= 11 is 0. The number of aliphatic hydroxyl groups excluding tert-OH is 1. The minimum atomic E-state index is -2.39. The third-order valence-electron chi connectivity index (χ3n) is 5.17. The molecule has 3 rings (SSSR count). The number of hydrogen-bond donors (Lipinski definition) is 1. The van der Waals surface area contributed by atoms with Crippen molar-refractivity contribution in [3.63, 3.8) is 0 Å². The first-order valence-corrected chi connectivity index (χ1v) is 11.2. The van der Waals surface area contributed by atoms with Gasteiger partial charge in [0.1, 0.15) is 11.7 Å². The van der Waals surface area contributed by atoms with E-state index in [0.29, 0.717) is 18.8 Å². The highest BCUT2D eigenvalue weighted by molar-refractivity contribution is 6.98. The molecule has 1 aliphatic rings. The molecule has 0 saturated carbocycles. The molecule has 1 heterocycles. The molecule has 2 atom stereocenters. The van der Waals surface area contributed by atoms with Gasteiger partial charge in [-0.3, -0.25) is 0 Å². The molecular formula is C22H28O3Si. The topological polar surface area (TPSA) is 42.0 Å². The first-order chi connectivity index (χ1) is 12.5. The summed E-state index contributed by atoms with van der Waals surface area (Å²) in [6.07, 6.45) is 3.13. The van der Waals surface area contributed by atoms with Gasteiger partial charge in [-0.05, 0) is 22.8 Å². The lowest BCUT2D eigenvalue weighted by Gasteiger charge is -2.35. The molecule has 2 unspecified atom stereocenters. The van der Waals surface area contributed by atoms with Gasteiger partial charge in [0.25, 0.3) is 8.32 Å². The van der Waals surface area contributed by atoms with Crippen LogP contribution in [0.4, 0.5) is 0 Å². The fourth-order valence-corrected chi connectivity index (χ4v) is 7.46. The van der Waals surface area contributed by atoms with E-state index < -0.39 is 20.0 Å². The molecule has 1 saturated heterocycles. The summed E-state index contributed by atoms with van der Waals surface area (Å²) in [4.78, 5) is 0. The Hall–Kier alpha value is -1.72. The number of ether oxygens (including phenoxy) is 1. The van der Waals surface area contributed by atoms with Crippen LogP contribution in [0.1, 0.15) is 20.8 Å². The van der Waals surface area contributed by atoms with Crippen molar-refractivity contribution in [2.24, 2.45) is 0 Å². The summed E-state index contributed by atoms with van der Waals surface area (Å²) in [5.74, 6) is 0. The smallest absolute Gasteiger partial charge is 0.258 e. The van der Waals surface area contributed by atoms with E-state index in [1.54, 1.807) is 6.08 Å². The van der Waals surface area contributed by atoms with Crippen molar-refractivity contribution < 1.29 is 14.3 Å². The van der Waals surface area contributed by atoms with Crippen LogP contribution in [0, 0.1) is 0 Å². The molecule has 0 spiro atoms. The summed E-state index contributed by atoms with van der Waals surface area (Å²) in [6, 6.07) is 21.1. The molecule has 0 amide bonds. The molecule has 2 aromatic rings. The van der Waals surface area contributed by atoms with Gasteiger partial charge in [0.15, 0.2) is 0 Å². The van der Waals surface area contributed by atoms with E-state index in [0.717, 1.165) is 0 Å². The number of rotatable bonds is 8. The van der Waals surface area contributed by atoms with Gasteiger partial charge in [0.05, 0.1) is 13.2 Å². The van der Waals surface area contributed by atoms with Crippen LogP contribution in [0.25, 0.3) is 0 Å². The second kappa shape index (κ2) is 7.88. The van der Waals surface area contributed by atoms with Crippen LogP contribution in [0.2, 0.25) is 5.54 Å². The van der Waals surface area contributed by atoms with Crippen LogP contribution < -0.4 is 10.4 Å². The van der Waals surface area contributed by atoms with Gasteiger partial charge in [-0.15, -0.1) is 0 Å². The van der Waals surface area contributed by atoms with Crippen LogP contribution in [-0.4, -0.2) is 38.3 Å². The van der Waals surface area contributed by atoms with E-state index in [1.807, 2.05) is 25.1 Å². The number of aliphatic hydroxyl groups is 1. The summed E-state index contributed by atoms with van der Waals surface area (Å²) in [6.45, 7) is 7.48. The molecule has 26 heavy (non-hydrogen) atoms. The Morgan fingerprint density at radius 3 is 2.00 bits per heavy atom. The fraction of sp³-hybridized carbons (Fsp3) is 0.364. The van der Waals surface area contributed by atoms with Crippen molar-refractivity contribution in [2.75, 3.05) is 13.2 Å². The summed E-state index contributed by atoms with van der Waals surface area (Å²) in [5.41, 5.74) is -0.0445. The molecule has 4 heteroatoms. The first kappa shape index (κ1) is 19.0. The third kappa shape index (κ3) is 3.84. The molecule has 138 valence electrons. The molecule has 0 radical (unpaired) electrons. The minimum absolute atomic E-state index is 0.370. The van der Waals surface area contributed by atoms with Crippen molar-refractivity contribution >= 4 is 18.7 Å². The van der Waals surface area contributed by atoms with Gasteiger partial charge in [0, 0.05) is 0 Å². The van der Waals surface area contributed by atoms with Crippen molar-refractivity contribution in [3.05, 3.63) is 72.8 Å². The molecule has 3 nitrogen and oxygen atoms in total. The predicted octanol–water partition coefficient (Wildman–Crippen LogP) is 2.88. The molecule has 0 bridgehead atoms. The highest BCUT2D eigenvalue weighted by Crippen LogP contribution is 2.30. The van der Waals surface area contributed by atoms with Crippen molar-refractivity contribution in [2.45, 2.75) is 38.0 Å². The van der Waals surface area contributed by atoms with Gasteiger partial charge in [-0.2, -0.15) is 0 Å². The molecule has 0 aromatic heterocycles. The number of benzene rings is 2. The maximum absolute atomic E-state index is 10.2. The second-order valence-corrected chi connectivity index (χ2v) is 11.5. The Morgan fingerprint density at radius 1 is 1.08 bits per heavy atom. The normalized spacial score (nSPS) is 21.3. The molecule has 1 N–H and O–H groups in total.